The third-order valence-electron chi connectivity index (χ3n) is 4.45. The molecule has 128 valence electrons. The van der Waals surface area contributed by atoms with E-state index in [2.05, 4.69) is 65.2 Å². The average molecular weight is 334 g/mol. The van der Waals surface area contributed by atoms with Crippen LogP contribution in [-0.4, -0.2) is 58.5 Å². The predicted molar refractivity (Wildman–Crippen MR) is 102 cm³/mol. The number of hydrogen-bond donors (Lipinski definition) is 1. The second-order valence-corrected chi connectivity index (χ2v) is 6.61. The van der Waals surface area contributed by atoms with Crippen LogP contribution in [0.25, 0.3) is 27.8 Å². The molecule has 0 saturated carbocycles. The number of fused-ring (bicyclic) bond motifs is 2. The molecule has 0 fully saturated rings. The van der Waals surface area contributed by atoms with Crippen molar-refractivity contribution >= 4 is 22.4 Å². The molecule has 0 spiro atoms. The first kappa shape index (κ1) is 15.7. The summed E-state index contributed by atoms with van der Waals surface area (Å²) in [5, 5.41) is 1.19. The summed E-state index contributed by atoms with van der Waals surface area (Å²) in [7, 11) is 6.23. The van der Waals surface area contributed by atoms with Crippen molar-refractivity contribution in [2.75, 3.05) is 39.1 Å². The van der Waals surface area contributed by atoms with Crippen LogP contribution in [-0.2, 0) is 0 Å². The van der Waals surface area contributed by atoms with Crippen molar-refractivity contribution in [1.29, 1.82) is 0 Å². The summed E-state index contributed by atoms with van der Waals surface area (Å²) in [6, 6.07) is 8.45. The fraction of sp³-hybridized carbons (Fsp3) is 0.263. The Morgan fingerprint density at radius 1 is 1.12 bits per heavy atom. The van der Waals surface area contributed by atoms with Gasteiger partial charge < -0.3 is 19.2 Å². The molecule has 0 unspecified atom stereocenters. The molecule has 3 aromatic heterocycles. The molecule has 4 aromatic rings. The number of nitrogens with one attached hydrogen (secondary N) is 1. The van der Waals surface area contributed by atoms with Crippen molar-refractivity contribution in [3.63, 3.8) is 0 Å². The number of benzene rings is 1. The van der Waals surface area contributed by atoms with Crippen LogP contribution >= 0.6 is 0 Å². The van der Waals surface area contributed by atoms with E-state index >= 15 is 0 Å². The monoisotopic (exact) mass is 334 g/mol. The van der Waals surface area contributed by atoms with Gasteiger partial charge in [0.15, 0.2) is 11.5 Å². The molecular formula is C19H22N6. The predicted octanol–water partition coefficient (Wildman–Crippen LogP) is 2.88. The van der Waals surface area contributed by atoms with Gasteiger partial charge in [-0.05, 0) is 32.3 Å². The summed E-state index contributed by atoms with van der Waals surface area (Å²) in [6.45, 7) is 1.85. The lowest BCUT2D eigenvalue weighted by Crippen LogP contribution is -2.29. The van der Waals surface area contributed by atoms with Gasteiger partial charge in [0.05, 0.1) is 5.69 Å². The molecule has 0 saturated heterocycles. The summed E-state index contributed by atoms with van der Waals surface area (Å²) in [4.78, 5) is 17.0. The third-order valence-corrected chi connectivity index (χ3v) is 4.45. The van der Waals surface area contributed by atoms with E-state index in [4.69, 9.17) is 4.98 Å². The number of likely N-dealkylation sites (N-methyl/N-ethyl adjacent to an activating group) is 2. The van der Waals surface area contributed by atoms with Crippen LogP contribution < -0.4 is 4.90 Å². The Kier molecular flexibility index (Phi) is 3.89. The van der Waals surface area contributed by atoms with Gasteiger partial charge >= 0.3 is 0 Å². The normalized spacial score (nSPS) is 11.7. The Bertz CT molecular complexity index is 1010. The maximum absolute atomic E-state index is 4.93. The fourth-order valence-electron chi connectivity index (χ4n) is 2.98. The number of anilines is 1. The molecule has 0 amide bonds. The van der Waals surface area contributed by atoms with Gasteiger partial charge in [-0.2, -0.15) is 0 Å². The van der Waals surface area contributed by atoms with Crippen molar-refractivity contribution in [3.8, 4) is 11.3 Å². The Labute approximate surface area is 146 Å². The van der Waals surface area contributed by atoms with Crippen LogP contribution in [0.15, 0.2) is 49.1 Å². The Hall–Kier alpha value is -2.86. The number of hydrogen-bond acceptors (Lipinski definition) is 4. The minimum Gasteiger partial charge on any atom is -0.361 e. The minimum atomic E-state index is 0.882. The van der Waals surface area contributed by atoms with Gasteiger partial charge in [0.1, 0.15) is 0 Å². The van der Waals surface area contributed by atoms with Gasteiger partial charge in [0.2, 0.25) is 0 Å². The van der Waals surface area contributed by atoms with Crippen LogP contribution in [0.3, 0.4) is 0 Å². The zero-order valence-electron chi connectivity index (χ0n) is 14.8. The first-order valence-electron chi connectivity index (χ1n) is 8.39. The highest BCUT2D eigenvalue weighted by Gasteiger charge is 2.13. The van der Waals surface area contributed by atoms with Crippen LogP contribution in [0.1, 0.15) is 0 Å². The largest absolute Gasteiger partial charge is 0.361 e. The smallest absolute Gasteiger partial charge is 0.180 e. The lowest BCUT2D eigenvalue weighted by atomic mass is 10.1. The van der Waals surface area contributed by atoms with Crippen LogP contribution in [0.4, 0.5) is 5.82 Å². The molecule has 1 aromatic carbocycles. The summed E-state index contributed by atoms with van der Waals surface area (Å²) in [6.07, 6.45) is 7.79. The zero-order valence-corrected chi connectivity index (χ0v) is 14.8. The summed E-state index contributed by atoms with van der Waals surface area (Å²) in [5.41, 5.74) is 4.06. The highest BCUT2D eigenvalue weighted by atomic mass is 15.2. The molecule has 3 heterocycles. The van der Waals surface area contributed by atoms with Gasteiger partial charge in [-0.15, -0.1) is 0 Å². The van der Waals surface area contributed by atoms with Crippen LogP contribution in [0.2, 0.25) is 0 Å². The molecule has 1 N–H and O–H groups in total. The topological polar surface area (TPSA) is 52.5 Å². The number of imidazole rings is 1. The number of H-pyrrole nitrogens is 1. The lowest BCUT2D eigenvalue weighted by Gasteiger charge is -2.21. The van der Waals surface area contributed by atoms with E-state index < -0.39 is 0 Å². The van der Waals surface area contributed by atoms with E-state index in [1.54, 1.807) is 0 Å². The Morgan fingerprint density at radius 2 is 2.00 bits per heavy atom. The van der Waals surface area contributed by atoms with Gasteiger partial charge in [-0.3, -0.25) is 0 Å². The van der Waals surface area contributed by atoms with Crippen molar-refractivity contribution in [2.24, 2.45) is 0 Å². The van der Waals surface area contributed by atoms with Gasteiger partial charge in [0.25, 0.3) is 0 Å². The van der Waals surface area contributed by atoms with E-state index in [1.165, 1.54) is 5.39 Å². The van der Waals surface area contributed by atoms with Crippen molar-refractivity contribution in [1.82, 2.24) is 24.3 Å². The molecule has 0 aliphatic carbocycles. The van der Waals surface area contributed by atoms with E-state index in [9.17, 15) is 0 Å². The van der Waals surface area contributed by atoms with Gasteiger partial charge in [0, 0.05) is 61.4 Å². The maximum Gasteiger partial charge on any atom is 0.180 e. The second kappa shape index (κ2) is 6.22. The number of aromatic nitrogens is 4. The second-order valence-electron chi connectivity index (χ2n) is 6.61. The minimum absolute atomic E-state index is 0.882. The molecule has 6 nitrogen and oxygen atoms in total. The first-order chi connectivity index (χ1) is 12.1. The van der Waals surface area contributed by atoms with Crippen molar-refractivity contribution in [3.05, 3.63) is 49.1 Å². The van der Waals surface area contributed by atoms with Crippen LogP contribution in [0.5, 0.6) is 0 Å². The molecule has 0 bridgehead atoms. The first-order valence-corrected chi connectivity index (χ1v) is 8.39. The van der Waals surface area contributed by atoms with E-state index in [0.29, 0.717) is 0 Å². The highest BCUT2D eigenvalue weighted by molar-refractivity contribution is 5.84. The zero-order chi connectivity index (χ0) is 17.4. The number of nitrogens with zero attached hydrogens (tertiary/aromatic N) is 5. The Morgan fingerprint density at radius 3 is 2.84 bits per heavy atom. The number of aromatic amines is 1. The SMILES string of the molecule is CN(C)CCN(C)c1nc(-c2ccc3[nH]ccc3c2)cn2ccnc12. The summed E-state index contributed by atoms with van der Waals surface area (Å²) < 4.78 is 2.05. The quantitative estimate of drug-likeness (QED) is 0.610. The van der Waals surface area contributed by atoms with Crippen molar-refractivity contribution < 1.29 is 0 Å². The average Bonchev–Trinajstić information content (AvgIpc) is 3.26. The molecule has 0 aliphatic rings. The number of rotatable bonds is 5. The molecule has 0 radical (unpaired) electrons. The Balaban J connectivity index is 1.79. The molecule has 6 heteroatoms. The third kappa shape index (κ3) is 2.96. The maximum atomic E-state index is 4.93. The molecule has 0 aliphatic heterocycles. The standard InChI is InChI=1S/C19H22N6/c1-23(2)10-11-24(3)19-18-21-8-9-25(18)13-17(22-19)14-4-5-16-15(12-14)6-7-20-16/h4-9,12-13,20H,10-11H2,1-3H3. The van der Waals surface area contributed by atoms with Crippen LogP contribution in [0, 0.1) is 0 Å². The summed E-state index contributed by atoms with van der Waals surface area (Å²) in [5.74, 6) is 0.901. The van der Waals surface area contributed by atoms with Crippen molar-refractivity contribution in [2.45, 2.75) is 0 Å². The lowest BCUT2D eigenvalue weighted by molar-refractivity contribution is 0.416. The van der Waals surface area contributed by atoms with E-state index in [0.717, 1.165) is 41.3 Å². The van der Waals surface area contributed by atoms with E-state index in [-0.39, 0.29) is 0 Å². The molecule has 0 atom stereocenters. The summed E-state index contributed by atoms with van der Waals surface area (Å²) >= 11 is 0. The molecular weight excluding hydrogens is 312 g/mol. The highest BCUT2D eigenvalue weighted by Crippen LogP contribution is 2.26. The fourth-order valence-corrected chi connectivity index (χ4v) is 2.98. The molecule has 4 rings (SSSR count). The van der Waals surface area contributed by atoms with Gasteiger partial charge in [-0.1, -0.05) is 6.07 Å². The molecule has 25 heavy (non-hydrogen) atoms. The van der Waals surface area contributed by atoms with Gasteiger partial charge in [-0.25, -0.2) is 9.97 Å². The van der Waals surface area contributed by atoms with E-state index in [1.807, 2.05) is 29.2 Å².